The Morgan fingerprint density at radius 1 is 1.23 bits per heavy atom. The van der Waals surface area contributed by atoms with Crippen molar-refractivity contribution in [2.75, 3.05) is 12.4 Å². The van der Waals surface area contributed by atoms with Crippen molar-refractivity contribution in [1.82, 2.24) is 0 Å². The molecule has 4 nitrogen and oxygen atoms in total. The Morgan fingerprint density at radius 3 is 2.64 bits per heavy atom. The molecule has 22 heavy (non-hydrogen) atoms. The Labute approximate surface area is 137 Å². The van der Waals surface area contributed by atoms with E-state index in [9.17, 15) is 9.90 Å². The first-order valence-corrected chi connectivity index (χ1v) is 7.06. The van der Waals surface area contributed by atoms with Crippen LogP contribution >= 0.6 is 23.2 Å². The molecule has 0 aliphatic rings. The number of phenolic OH excluding ortho intramolecular Hbond substituents is 1. The Balaban J connectivity index is 2.06. The molecule has 2 rings (SSSR count). The Morgan fingerprint density at radius 2 is 2.00 bits per heavy atom. The fourth-order valence-corrected chi connectivity index (χ4v) is 2.23. The largest absolute Gasteiger partial charge is 0.504 e. The summed E-state index contributed by atoms with van der Waals surface area (Å²) >= 11 is 11.8. The Kier molecular flexibility index (Phi) is 5.31. The summed E-state index contributed by atoms with van der Waals surface area (Å²) in [4.78, 5) is 11.8. The lowest BCUT2D eigenvalue weighted by Gasteiger charge is -2.06. The number of rotatable bonds is 4. The zero-order chi connectivity index (χ0) is 16.1. The van der Waals surface area contributed by atoms with Gasteiger partial charge in [-0.1, -0.05) is 29.3 Å². The van der Waals surface area contributed by atoms with Gasteiger partial charge in [-0.05, 0) is 35.9 Å². The van der Waals surface area contributed by atoms with Gasteiger partial charge in [0.15, 0.2) is 11.5 Å². The van der Waals surface area contributed by atoms with Crippen molar-refractivity contribution in [2.45, 2.75) is 0 Å². The molecule has 0 unspecified atom stereocenters. The van der Waals surface area contributed by atoms with Gasteiger partial charge in [-0.25, -0.2) is 0 Å². The normalized spacial score (nSPS) is 10.7. The van der Waals surface area contributed by atoms with Crippen LogP contribution in [-0.2, 0) is 4.79 Å². The molecule has 0 saturated heterocycles. The summed E-state index contributed by atoms with van der Waals surface area (Å²) in [5, 5.41) is 13.3. The van der Waals surface area contributed by atoms with E-state index in [-0.39, 0.29) is 11.7 Å². The molecule has 2 N–H and O–H groups in total. The highest BCUT2D eigenvalue weighted by atomic mass is 35.5. The second-order valence-corrected chi connectivity index (χ2v) is 5.22. The zero-order valence-corrected chi connectivity index (χ0v) is 13.2. The van der Waals surface area contributed by atoms with Crippen LogP contribution in [0.25, 0.3) is 6.08 Å². The lowest BCUT2D eigenvalue weighted by molar-refractivity contribution is -0.111. The van der Waals surface area contributed by atoms with Gasteiger partial charge in [0.1, 0.15) is 0 Å². The third-order valence-electron chi connectivity index (χ3n) is 2.82. The van der Waals surface area contributed by atoms with Crippen LogP contribution < -0.4 is 10.1 Å². The van der Waals surface area contributed by atoms with Crippen molar-refractivity contribution in [3.05, 3.63) is 58.1 Å². The Hall–Kier alpha value is -2.17. The minimum Gasteiger partial charge on any atom is -0.504 e. The number of aromatic hydroxyl groups is 1. The molecule has 114 valence electrons. The van der Waals surface area contributed by atoms with Crippen molar-refractivity contribution < 1.29 is 14.6 Å². The van der Waals surface area contributed by atoms with Gasteiger partial charge in [0.05, 0.1) is 7.11 Å². The molecule has 0 heterocycles. The molecule has 0 aliphatic carbocycles. The number of ether oxygens (including phenoxy) is 1. The second-order valence-electron chi connectivity index (χ2n) is 4.38. The molecule has 0 aromatic heterocycles. The van der Waals surface area contributed by atoms with Crippen LogP contribution in [0.3, 0.4) is 0 Å². The summed E-state index contributed by atoms with van der Waals surface area (Å²) in [6.45, 7) is 0. The van der Waals surface area contributed by atoms with Gasteiger partial charge >= 0.3 is 0 Å². The standard InChI is InChI=1S/C16H13Cl2NO3/c1-22-15-6-5-12(9-14(15)20)19-16(21)7-3-10-2-4-11(17)8-13(10)18/h2-9,20H,1H3,(H,19,21)/b7-3+. The lowest BCUT2D eigenvalue weighted by atomic mass is 10.2. The third kappa shape index (κ3) is 4.16. The fraction of sp³-hybridized carbons (Fsp3) is 0.0625. The van der Waals surface area contributed by atoms with E-state index in [4.69, 9.17) is 27.9 Å². The SMILES string of the molecule is COc1ccc(NC(=O)/C=C/c2ccc(Cl)cc2Cl)cc1O. The molecule has 6 heteroatoms. The van der Waals surface area contributed by atoms with Gasteiger partial charge in [0.25, 0.3) is 0 Å². The van der Waals surface area contributed by atoms with Gasteiger partial charge in [-0.2, -0.15) is 0 Å². The van der Waals surface area contributed by atoms with Gasteiger partial charge in [0, 0.05) is 27.9 Å². The molecule has 1 amide bonds. The van der Waals surface area contributed by atoms with Crippen LogP contribution in [0, 0.1) is 0 Å². The molecule has 0 bridgehead atoms. The highest BCUT2D eigenvalue weighted by Gasteiger charge is 2.04. The van der Waals surface area contributed by atoms with Crippen molar-refractivity contribution in [1.29, 1.82) is 0 Å². The smallest absolute Gasteiger partial charge is 0.248 e. The number of phenols is 1. The van der Waals surface area contributed by atoms with E-state index >= 15 is 0 Å². The number of anilines is 1. The molecule has 0 spiro atoms. The van der Waals surface area contributed by atoms with Gasteiger partial charge in [-0.15, -0.1) is 0 Å². The molecule has 0 saturated carbocycles. The summed E-state index contributed by atoms with van der Waals surface area (Å²) in [5.74, 6) is -0.0675. The van der Waals surface area contributed by atoms with E-state index in [1.54, 1.807) is 36.4 Å². The summed E-state index contributed by atoms with van der Waals surface area (Å²) in [5.41, 5.74) is 1.13. The maximum Gasteiger partial charge on any atom is 0.248 e. The number of hydrogen-bond donors (Lipinski definition) is 2. The number of carbonyl (C=O) groups excluding carboxylic acids is 1. The quantitative estimate of drug-likeness (QED) is 0.815. The van der Waals surface area contributed by atoms with Gasteiger partial charge < -0.3 is 15.2 Å². The number of carbonyl (C=O) groups is 1. The first-order valence-electron chi connectivity index (χ1n) is 6.30. The minimum atomic E-state index is -0.351. The van der Waals surface area contributed by atoms with E-state index in [1.807, 2.05) is 0 Å². The van der Waals surface area contributed by atoms with Crippen LogP contribution in [0.4, 0.5) is 5.69 Å². The summed E-state index contributed by atoms with van der Waals surface area (Å²) in [6.07, 6.45) is 2.92. The number of halogens is 2. The lowest BCUT2D eigenvalue weighted by Crippen LogP contribution is -2.07. The number of nitrogens with one attached hydrogen (secondary N) is 1. The van der Waals surface area contributed by atoms with Crippen molar-refractivity contribution in [2.24, 2.45) is 0 Å². The second kappa shape index (κ2) is 7.20. The summed E-state index contributed by atoms with van der Waals surface area (Å²) < 4.78 is 4.93. The Bertz CT molecular complexity index is 729. The molecule has 2 aromatic rings. The van der Waals surface area contributed by atoms with Crippen LogP contribution in [0.15, 0.2) is 42.5 Å². The van der Waals surface area contributed by atoms with Gasteiger partial charge in [-0.3, -0.25) is 4.79 Å². The molecule has 0 fully saturated rings. The van der Waals surface area contributed by atoms with Crippen LogP contribution in [0.1, 0.15) is 5.56 Å². The molecule has 0 aliphatic heterocycles. The molecule has 2 aromatic carbocycles. The third-order valence-corrected chi connectivity index (χ3v) is 3.39. The monoisotopic (exact) mass is 337 g/mol. The van der Waals surface area contributed by atoms with Crippen LogP contribution in [0.2, 0.25) is 10.0 Å². The average molecular weight is 338 g/mol. The van der Waals surface area contributed by atoms with E-state index < -0.39 is 0 Å². The molecule has 0 radical (unpaired) electrons. The summed E-state index contributed by atoms with van der Waals surface area (Å²) in [6, 6.07) is 9.59. The number of hydrogen-bond acceptors (Lipinski definition) is 3. The maximum atomic E-state index is 11.8. The molecular weight excluding hydrogens is 325 g/mol. The molecule has 0 atom stereocenters. The fourth-order valence-electron chi connectivity index (χ4n) is 1.75. The highest BCUT2D eigenvalue weighted by molar-refractivity contribution is 6.35. The highest BCUT2D eigenvalue weighted by Crippen LogP contribution is 2.28. The van der Waals surface area contributed by atoms with Crippen molar-refractivity contribution in [3.8, 4) is 11.5 Å². The first kappa shape index (κ1) is 16.2. The predicted molar refractivity (Wildman–Crippen MR) is 88.8 cm³/mol. The maximum absolute atomic E-state index is 11.8. The summed E-state index contributed by atoms with van der Waals surface area (Å²) in [7, 11) is 1.45. The minimum absolute atomic E-state index is 0.0509. The van der Waals surface area contributed by atoms with E-state index in [0.29, 0.717) is 27.0 Å². The van der Waals surface area contributed by atoms with Crippen molar-refractivity contribution >= 4 is 40.9 Å². The topological polar surface area (TPSA) is 58.6 Å². The van der Waals surface area contributed by atoms with Crippen molar-refractivity contribution in [3.63, 3.8) is 0 Å². The van der Waals surface area contributed by atoms with Crippen LogP contribution in [0.5, 0.6) is 11.5 Å². The van der Waals surface area contributed by atoms with Crippen LogP contribution in [-0.4, -0.2) is 18.1 Å². The number of methoxy groups -OCH3 is 1. The zero-order valence-electron chi connectivity index (χ0n) is 11.6. The predicted octanol–water partition coefficient (Wildman–Crippen LogP) is 4.36. The first-order chi connectivity index (χ1) is 10.5. The number of amides is 1. The van der Waals surface area contributed by atoms with E-state index in [1.165, 1.54) is 19.3 Å². The number of benzene rings is 2. The average Bonchev–Trinajstić information content (AvgIpc) is 2.46. The van der Waals surface area contributed by atoms with E-state index in [0.717, 1.165) is 0 Å². The molecular formula is C16H13Cl2NO3. The van der Waals surface area contributed by atoms with E-state index in [2.05, 4.69) is 5.32 Å². The van der Waals surface area contributed by atoms with Gasteiger partial charge in [0.2, 0.25) is 5.91 Å².